The van der Waals surface area contributed by atoms with Crippen LogP contribution in [0.4, 0.5) is 0 Å². The summed E-state index contributed by atoms with van der Waals surface area (Å²) in [6.07, 6.45) is -0.206. The van der Waals surface area contributed by atoms with Crippen molar-refractivity contribution in [3.63, 3.8) is 0 Å². The van der Waals surface area contributed by atoms with Gasteiger partial charge in [-0.25, -0.2) is 0 Å². The number of carboxylic acid groups (broad SMARTS) is 1. The van der Waals surface area contributed by atoms with Crippen molar-refractivity contribution in [2.24, 2.45) is 0 Å². The van der Waals surface area contributed by atoms with Gasteiger partial charge in [-0.2, -0.15) is 0 Å². The van der Waals surface area contributed by atoms with Crippen LogP contribution in [0.2, 0.25) is 0 Å². The minimum Gasteiger partial charge on any atom is -0.481 e. The molecule has 0 bridgehead atoms. The number of pyridine rings is 1. The molecule has 0 saturated carbocycles. The largest absolute Gasteiger partial charge is 0.481 e. The zero-order valence-corrected chi connectivity index (χ0v) is 9.78. The lowest BCUT2D eigenvalue weighted by Crippen LogP contribution is -2.03. The molecule has 0 unspecified atom stereocenters. The molecule has 0 fully saturated rings. The quantitative estimate of drug-likeness (QED) is 0.746. The van der Waals surface area contributed by atoms with Crippen molar-refractivity contribution in [3.8, 4) is 11.8 Å². The lowest BCUT2D eigenvalue weighted by atomic mass is 10.1. The molecule has 0 spiro atoms. The summed E-state index contributed by atoms with van der Waals surface area (Å²) in [5.41, 5.74) is 2.13. The highest BCUT2D eigenvalue weighted by Crippen LogP contribution is 2.10. The summed E-state index contributed by atoms with van der Waals surface area (Å²) < 4.78 is 0. The number of nitrogens with one attached hydrogen (secondary N) is 1. The summed E-state index contributed by atoms with van der Waals surface area (Å²) in [6, 6.07) is 6.72. The SMILES string of the molecule is Cc1cc(=O)c2cc(C#CCC(=O)O)ccc2[nH]1. The molecule has 0 saturated heterocycles. The standard InChI is InChI=1S/C14H11NO3/c1-9-7-13(16)11-8-10(3-2-4-14(17)18)5-6-12(11)15-9/h5-8H,4H2,1H3,(H,15,16)(H,17,18). The first kappa shape index (κ1) is 11.9. The Morgan fingerprint density at radius 2 is 2.17 bits per heavy atom. The lowest BCUT2D eigenvalue weighted by molar-refractivity contribution is -0.135. The van der Waals surface area contributed by atoms with Crippen LogP contribution in [0, 0.1) is 18.8 Å². The summed E-state index contributed by atoms with van der Waals surface area (Å²) >= 11 is 0. The van der Waals surface area contributed by atoms with E-state index in [1.807, 2.05) is 6.92 Å². The number of aromatic amines is 1. The van der Waals surface area contributed by atoms with E-state index in [-0.39, 0.29) is 11.8 Å². The molecule has 1 aromatic carbocycles. The fraction of sp³-hybridized carbons (Fsp3) is 0.143. The Morgan fingerprint density at radius 1 is 1.39 bits per heavy atom. The third-order valence-corrected chi connectivity index (χ3v) is 2.44. The molecule has 0 aliphatic carbocycles. The van der Waals surface area contributed by atoms with Gasteiger partial charge in [-0.1, -0.05) is 11.8 Å². The highest BCUT2D eigenvalue weighted by molar-refractivity contribution is 5.80. The van der Waals surface area contributed by atoms with E-state index in [1.165, 1.54) is 6.07 Å². The molecule has 0 aliphatic heterocycles. The third-order valence-electron chi connectivity index (χ3n) is 2.44. The van der Waals surface area contributed by atoms with Crippen molar-refractivity contribution in [2.45, 2.75) is 13.3 Å². The molecular formula is C14H11NO3. The van der Waals surface area contributed by atoms with Gasteiger partial charge in [-0.05, 0) is 25.1 Å². The molecule has 2 N–H and O–H groups in total. The van der Waals surface area contributed by atoms with E-state index in [1.54, 1.807) is 18.2 Å². The maximum atomic E-state index is 11.8. The van der Waals surface area contributed by atoms with Crippen molar-refractivity contribution in [3.05, 3.63) is 45.7 Å². The second kappa shape index (κ2) is 4.76. The van der Waals surface area contributed by atoms with Crippen molar-refractivity contribution in [1.29, 1.82) is 0 Å². The van der Waals surface area contributed by atoms with Gasteiger partial charge in [0, 0.05) is 28.2 Å². The Bertz CT molecular complexity index is 732. The van der Waals surface area contributed by atoms with Gasteiger partial charge in [0.25, 0.3) is 0 Å². The van der Waals surface area contributed by atoms with Gasteiger partial charge in [-0.15, -0.1) is 0 Å². The molecule has 90 valence electrons. The van der Waals surface area contributed by atoms with Crippen molar-refractivity contribution in [1.82, 2.24) is 4.98 Å². The van der Waals surface area contributed by atoms with E-state index in [2.05, 4.69) is 16.8 Å². The van der Waals surface area contributed by atoms with E-state index in [0.717, 1.165) is 11.2 Å². The fourth-order valence-electron chi connectivity index (χ4n) is 1.68. The fourth-order valence-corrected chi connectivity index (χ4v) is 1.68. The average molecular weight is 241 g/mol. The molecule has 0 aliphatic rings. The number of benzene rings is 1. The molecule has 0 radical (unpaired) electrons. The maximum absolute atomic E-state index is 11.8. The van der Waals surface area contributed by atoms with Crippen LogP contribution in [-0.4, -0.2) is 16.1 Å². The number of H-pyrrole nitrogens is 1. The van der Waals surface area contributed by atoms with Crippen LogP contribution in [0.1, 0.15) is 17.7 Å². The third kappa shape index (κ3) is 2.58. The normalized spacial score (nSPS) is 9.83. The van der Waals surface area contributed by atoms with E-state index >= 15 is 0 Å². The summed E-state index contributed by atoms with van der Waals surface area (Å²) in [6.45, 7) is 1.82. The minimum absolute atomic E-state index is 0.0665. The first-order valence-electron chi connectivity index (χ1n) is 5.40. The molecule has 1 aromatic heterocycles. The number of hydrogen-bond acceptors (Lipinski definition) is 2. The Morgan fingerprint density at radius 3 is 2.89 bits per heavy atom. The predicted octanol–water partition coefficient (Wildman–Crippen LogP) is 1.66. The van der Waals surface area contributed by atoms with Gasteiger partial charge >= 0.3 is 5.97 Å². The molecule has 2 rings (SSSR count). The Labute approximate surface area is 103 Å². The molecule has 4 nitrogen and oxygen atoms in total. The van der Waals surface area contributed by atoms with Gasteiger partial charge in [0.2, 0.25) is 0 Å². The maximum Gasteiger partial charge on any atom is 0.315 e. The zero-order chi connectivity index (χ0) is 13.1. The van der Waals surface area contributed by atoms with Gasteiger partial charge < -0.3 is 10.1 Å². The topological polar surface area (TPSA) is 70.2 Å². The van der Waals surface area contributed by atoms with Gasteiger partial charge in [-0.3, -0.25) is 9.59 Å². The summed E-state index contributed by atoms with van der Waals surface area (Å²) in [5.74, 6) is 4.30. The Kier molecular flexibility index (Phi) is 3.16. The number of hydrogen-bond donors (Lipinski definition) is 2. The molecule has 4 heteroatoms. The number of carbonyl (C=O) groups is 1. The molecule has 0 amide bonds. The predicted molar refractivity (Wildman–Crippen MR) is 68.4 cm³/mol. The zero-order valence-electron chi connectivity index (χ0n) is 9.78. The first-order chi connectivity index (χ1) is 8.56. The van der Waals surface area contributed by atoms with Crippen molar-refractivity contribution in [2.75, 3.05) is 0 Å². The summed E-state index contributed by atoms with van der Waals surface area (Å²) in [7, 11) is 0. The van der Waals surface area contributed by atoms with Crippen LogP contribution >= 0.6 is 0 Å². The lowest BCUT2D eigenvalue weighted by Gasteiger charge is -2.00. The second-order valence-corrected chi connectivity index (χ2v) is 3.95. The summed E-state index contributed by atoms with van der Waals surface area (Å²) in [5, 5.41) is 9.04. The van der Waals surface area contributed by atoms with Crippen LogP contribution in [-0.2, 0) is 4.79 Å². The smallest absolute Gasteiger partial charge is 0.315 e. The number of aliphatic carboxylic acids is 1. The van der Waals surface area contributed by atoms with Crippen molar-refractivity contribution >= 4 is 16.9 Å². The molecule has 0 atom stereocenters. The van der Waals surface area contributed by atoms with E-state index < -0.39 is 5.97 Å². The van der Waals surface area contributed by atoms with E-state index in [4.69, 9.17) is 5.11 Å². The van der Waals surface area contributed by atoms with Crippen LogP contribution in [0.15, 0.2) is 29.1 Å². The molecule has 2 aromatic rings. The highest BCUT2D eigenvalue weighted by Gasteiger charge is 2.00. The number of carboxylic acids is 1. The number of aryl methyl sites for hydroxylation is 1. The molecule has 18 heavy (non-hydrogen) atoms. The first-order valence-corrected chi connectivity index (χ1v) is 5.40. The number of rotatable bonds is 1. The monoisotopic (exact) mass is 241 g/mol. The van der Waals surface area contributed by atoms with Gasteiger partial charge in [0.15, 0.2) is 5.43 Å². The van der Waals surface area contributed by atoms with Crippen LogP contribution < -0.4 is 5.43 Å². The van der Waals surface area contributed by atoms with Crippen LogP contribution in [0.3, 0.4) is 0 Å². The van der Waals surface area contributed by atoms with Crippen molar-refractivity contribution < 1.29 is 9.90 Å². The number of fused-ring (bicyclic) bond motifs is 1. The van der Waals surface area contributed by atoms with Gasteiger partial charge in [0.05, 0.1) is 0 Å². The minimum atomic E-state index is -0.961. The van der Waals surface area contributed by atoms with Crippen LogP contribution in [0.25, 0.3) is 10.9 Å². The second-order valence-electron chi connectivity index (χ2n) is 3.95. The molecular weight excluding hydrogens is 230 g/mol. The van der Waals surface area contributed by atoms with Gasteiger partial charge in [0.1, 0.15) is 6.42 Å². The Balaban J connectivity index is 2.47. The molecule has 1 heterocycles. The Hall–Kier alpha value is -2.54. The van der Waals surface area contributed by atoms with E-state index in [9.17, 15) is 9.59 Å². The highest BCUT2D eigenvalue weighted by atomic mass is 16.4. The van der Waals surface area contributed by atoms with E-state index in [0.29, 0.717) is 10.9 Å². The number of aromatic nitrogens is 1. The average Bonchev–Trinajstić information content (AvgIpc) is 2.29. The van der Waals surface area contributed by atoms with Crippen LogP contribution in [0.5, 0.6) is 0 Å². The summed E-state index contributed by atoms with van der Waals surface area (Å²) in [4.78, 5) is 25.2.